The molecule has 0 bridgehead atoms. The lowest BCUT2D eigenvalue weighted by atomic mass is 9.71. The van der Waals surface area contributed by atoms with Gasteiger partial charge in [0.15, 0.2) is 9.84 Å². The first-order valence-corrected chi connectivity index (χ1v) is 10.5. The molecule has 1 atom stereocenters. The van der Waals surface area contributed by atoms with Crippen molar-refractivity contribution in [2.24, 2.45) is 11.1 Å². The maximum absolute atomic E-state index is 14.0. The number of rotatable bonds is 6. The predicted molar refractivity (Wildman–Crippen MR) is 95.3 cm³/mol. The molecule has 1 aliphatic rings. The average molecular weight is 370 g/mol. The first-order valence-electron chi connectivity index (χ1n) is 8.66. The third kappa shape index (κ3) is 5.01. The molecule has 140 valence electrons. The summed E-state index contributed by atoms with van der Waals surface area (Å²) in [7, 11) is -3.61. The highest BCUT2D eigenvalue weighted by atomic mass is 32.2. The molecule has 1 amide bonds. The normalized spacial score (nSPS) is 18.6. The molecule has 5 nitrogen and oxygen atoms in total. The standard InChI is InChI=1S/C18H27FN2O3S/c1-13(14-6-7-16(15(19)10-14)25(2,23)24)21-17(22)11-18(12-20)8-4-3-5-9-18/h6-7,10,13H,3-5,8-9,11-12,20H2,1-2H3,(H,21,22). The molecular weight excluding hydrogens is 343 g/mol. The highest BCUT2D eigenvalue weighted by molar-refractivity contribution is 7.90. The van der Waals surface area contributed by atoms with E-state index in [0.29, 0.717) is 18.5 Å². The van der Waals surface area contributed by atoms with E-state index >= 15 is 0 Å². The Morgan fingerprint density at radius 1 is 1.32 bits per heavy atom. The quantitative estimate of drug-likeness (QED) is 0.806. The van der Waals surface area contributed by atoms with Crippen molar-refractivity contribution in [3.63, 3.8) is 0 Å². The van der Waals surface area contributed by atoms with E-state index in [0.717, 1.165) is 31.9 Å². The Labute approximate surface area is 149 Å². The van der Waals surface area contributed by atoms with E-state index in [1.54, 1.807) is 6.92 Å². The summed E-state index contributed by atoms with van der Waals surface area (Å²) in [6.45, 7) is 2.25. The van der Waals surface area contributed by atoms with Crippen LogP contribution in [0, 0.1) is 11.2 Å². The Hall–Kier alpha value is -1.47. The van der Waals surface area contributed by atoms with Crippen molar-refractivity contribution in [3.8, 4) is 0 Å². The Balaban J connectivity index is 2.05. The number of hydrogen-bond donors (Lipinski definition) is 2. The topological polar surface area (TPSA) is 89.3 Å². The molecule has 1 saturated carbocycles. The van der Waals surface area contributed by atoms with Crippen molar-refractivity contribution in [1.29, 1.82) is 0 Å². The van der Waals surface area contributed by atoms with E-state index in [2.05, 4.69) is 5.32 Å². The molecule has 1 unspecified atom stereocenters. The Kier molecular flexibility index (Phi) is 6.21. The molecule has 0 saturated heterocycles. The number of carbonyl (C=O) groups is 1. The number of halogens is 1. The van der Waals surface area contributed by atoms with Crippen LogP contribution < -0.4 is 11.1 Å². The molecule has 1 aromatic carbocycles. The number of nitrogens with one attached hydrogen (secondary N) is 1. The second kappa shape index (κ2) is 7.83. The zero-order valence-corrected chi connectivity index (χ0v) is 15.7. The fraction of sp³-hybridized carbons (Fsp3) is 0.611. The van der Waals surface area contributed by atoms with Gasteiger partial charge in [-0.3, -0.25) is 4.79 Å². The van der Waals surface area contributed by atoms with Crippen LogP contribution in [0.25, 0.3) is 0 Å². The number of nitrogens with two attached hydrogens (primary N) is 1. The molecule has 1 fully saturated rings. The summed E-state index contributed by atoms with van der Waals surface area (Å²) in [5.41, 5.74) is 6.32. The average Bonchev–Trinajstić information content (AvgIpc) is 2.54. The van der Waals surface area contributed by atoms with Crippen LogP contribution in [0.3, 0.4) is 0 Å². The van der Waals surface area contributed by atoms with Crippen LogP contribution in [0.2, 0.25) is 0 Å². The third-order valence-corrected chi connectivity index (χ3v) is 6.25. The summed E-state index contributed by atoms with van der Waals surface area (Å²) in [4.78, 5) is 12.1. The molecule has 1 aliphatic carbocycles. The summed E-state index contributed by atoms with van der Waals surface area (Å²) in [6, 6.07) is 3.53. The molecule has 0 aromatic heterocycles. The second-order valence-electron chi connectivity index (χ2n) is 7.19. The van der Waals surface area contributed by atoms with Gasteiger partial charge in [0.2, 0.25) is 5.91 Å². The van der Waals surface area contributed by atoms with Gasteiger partial charge in [-0.15, -0.1) is 0 Å². The molecular formula is C18H27FN2O3S. The summed E-state index contributed by atoms with van der Waals surface area (Å²) in [6.07, 6.45) is 6.64. The van der Waals surface area contributed by atoms with Gasteiger partial charge in [-0.05, 0) is 49.4 Å². The van der Waals surface area contributed by atoms with Gasteiger partial charge in [0, 0.05) is 12.7 Å². The zero-order valence-electron chi connectivity index (χ0n) is 14.8. The lowest BCUT2D eigenvalue weighted by Crippen LogP contribution is -2.39. The molecule has 2 rings (SSSR count). The molecule has 0 heterocycles. The second-order valence-corrected chi connectivity index (χ2v) is 9.18. The Bertz CT molecular complexity index is 728. The van der Waals surface area contributed by atoms with Crippen molar-refractivity contribution < 1.29 is 17.6 Å². The molecule has 25 heavy (non-hydrogen) atoms. The minimum absolute atomic E-state index is 0.104. The van der Waals surface area contributed by atoms with Gasteiger partial charge >= 0.3 is 0 Å². The summed E-state index contributed by atoms with van der Waals surface area (Å²) >= 11 is 0. The highest BCUT2D eigenvalue weighted by Crippen LogP contribution is 2.38. The van der Waals surface area contributed by atoms with Gasteiger partial charge in [-0.1, -0.05) is 25.3 Å². The van der Waals surface area contributed by atoms with Crippen LogP contribution in [0.1, 0.15) is 57.1 Å². The lowest BCUT2D eigenvalue weighted by molar-refractivity contribution is -0.124. The van der Waals surface area contributed by atoms with E-state index in [9.17, 15) is 17.6 Å². The maximum Gasteiger partial charge on any atom is 0.221 e. The van der Waals surface area contributed by atoms with Crippen LogP contribution in [0.5, 0.6) is 0 Å². The smallest absolute Gasteiger partial charge is 0.221 e. The summed E-state index contributed by atoms with van der Waals surface area (Å²) in [5.74, 6) is -0.903. The van der Waals surface area contributed by atoms with Gasteiger partial charge in [0.1, 0.15) is 10.7 Å². The van der Waals surface area contributed by atoms with Gasteiger partial charge in [0.25, 0.3) is 0 Å². The first-order chi connectivity index (χ1) is 11.7. The van der Waals surface area contributed by atoms with Crippen molar-refractivity contribution >= 4 is 15.7 Å². The van der Waals surface area contributed by atoms with Gasteiger partial charge < -0.3 is 11.1 Å². The zero-order chi connectivity index (χ0) is 18.7. The Morgan fingerprint density at radius 2 is 1.96 bits per heavy atom. The van der Waals surface area contributed by atoms with Crippen LogP contribution in [0.15, 0.2) is 23.1 Å². The monoisotopic (exact) mass is 370 g/mol. The van der Waals surface area contributed by atoms with Crippen molar-refractivity contribution in [3.05, 3.63) is 29.6 Å². The van der Waals surface area contributed by atoms with E-state index in [-0.39, 0.29) is 16.2 Å². The van der Waals surface area contributed by atoms with E-state index in [4.69, 9.17) is 5.73 Å². The van der Waals surface area contributed by atoms with Gasteiger partial charge in [-0.25, -0.2) is 12.8 Å². The Morgan fingerprint density at radius 3 is 2.48 bits per heavy atom. The van der Waals surface area contributed by atoms with Crippen LogP contribution in [-0.2, 0) is 14.6 Å². The minimum atomic E-state index is -3.61. The third-order valence-electron chi connectivity index (χ3n) is 5.12. The van der Waals surface area contributed by atoms with E-state index in [1.165, 1.54) is 24.6 Å². The fourth-order valence-corrected chi connectivity index (χ4v) is 4.29. The van der Waals surface area contributed by atoms with E-state index in [1.807, 2.05) is 0 Å². The van der Waals surface area contributed by atoms with Crippen molar-refractivity contribution in [1.82, 2.24) is 5.32 Å². The van der Waals surface area contributed by atoms with Crippen LogP contribution >= 0.6 is 0 Å². The molecule has 0 aliphatic heterocycles. The van der Waals surface area contributed by atoms with Crippen LogP contribution in [0.4, 0.5) is 4.39 Å². The van der Waals surface area contributed by atoms with Gasteiger partial charge in [-0.2, -0.15) is 0 Å². The molecule has 7 heteroatoms. The molecule has 3 N–H and O–H groups in total. The summed E-state index contributed by atoms with van der Waals surface area (Å²) < 4.78 is 37.0. The minimum Gasteiger partial charge on any atom is -0.350 e. The first kappa shape index (κ1) is 19.8. The number of sulfone groups is 1. The molecule has 0 radical (unpaired) electrons. The van der Waals surface area contributed by atoms with Crippen LogP contribution in [-0.4, -0.2) is 27.1 Å². The molecule has 1 aromatic rings. The number of amides is 1. The molecule has 0 spiro atoms. The highest BCUT2D eigenvalue weighted by Gasteiger charge is 2.33. The number of benzene rings is 1. The number of hydrogen-bond acceptors (Lipinski definition) is 4. The predicted octanol–water partition coefficient (Wildman–Crippen LogP) is 2.71. The number of carbonyl (C=O) groups excluding carboxylic acids is 1. The van der Waals surface area contributed by atoms with Crippen molar-refractivity contribution in [2.45, 2.75) is 56.4 Å². The SMILES string of the molecule is CC(NC(=O)CC1(CN)CCCCC1)c1ccc(S(C)(=O)=O)c(F)c1. The largest absolute Gasteiger partial charge is 0.350 e. The lowest BCUT2D eigenvalue weighted by Gasteiger charge is -2.36. The maximum atomic E-state index is 14.0. The fourth-order valence-electron chi connectivity index (χ4n) is 3.56. The van der Waals surface area contributed by atoms with Crippen molar-refractivity contribution in [2.75, 3.05) is 12.8 Å². The van der Waals surface area contributed by atoms with Gasteiger partial charge in [0.05, 0.1) is 6.04 Å². The summed E-state index contributed by atoms with van der Waals surface area (Å²) in [5, 5.41) is 2.88. The van der Waals surface area contributed by atoms with E-state index < -0.39 is 21.7 Å².